The van der Waals surface area contributed by atoms with Gasteiger partial charge in [-0.3, -0.25) is 4.79 Å². The molecule has 0 heterocycles. The summed E-state index contributed by atoms with van der Waals surface area (Å²) >= 11 is 0. The van der Waals surface area contributed by atoms with Gasteiger partial charge in [0.1, 0.15) is 0 Å². The summed E-state index contributed by atoms with van der Waals surface area (Å²) < 4.78 is 10.5. The number of hydrogen-bond donors (Lipinski definition) is 1. The summed E-state index contributed by atoms with van der Waals surface area (Å²) in [4.78, 5) is 11.7. The molecule has 4 nitrogen and oxygen atoms in total. The van der Waals surface area contributed by atoms with Gasteiger partial charge in [0.05, 0.1) is 20.3 Å². The number of methoxy groups -OCH3 is 2. The van der Waals surface area contributed by atoms with E-state index in [-0.39, 0.29) is 11.9 Å². The third-order valence-corrected chi connectivity index (χ3v) is 3.04. The lowest BCUT2D eigenvalue weighted by atomic mass is 10.1. The van der Waals surface area contributed by atoms with Crippen molar-refractivity contribution in [1.29, 1.82) is 0 Å². The standard InChI is InChI=1S/C15H23NO3/c1-5-6-7-15(17)16-11(2)12-8-9-13(18-3)14(10-12)19-4/h8-11H,5-7H2,1-4H3,(H,16,17). The second kappa shape index (κ2) is 7.67. The van der Waals surface area contributed by atoms with Gasteiger partial charge in [0, 0.05) is 6.42 Å². The van der Waals surface area contributed by atoms with E-state index in [1.54, 1.807) is 14.2 Å². The van der Waals surface area contributed by atoms with Crippen LogP contribution in [-0.4, -0.2) is 20.1 Å². The number of carbonyl (C=O) groups is 1. The van der Waals surface area contributed by atoms with Crippen molar-refractivity contribution in [3.05, 3.63) is 23.8 Å². The Kier molecular flexibility index (Phi) is 6.19. The number of rotatable bonds is 7. The average molecular weight is 265 g/mol. The minimum Gasteiger partial charge on any atom is -0.493 e. The fraction of sp³-hybridized carbons (Fsp3) is 0.533. The molecule has 0 aliphatic rings. The van der Waals surface area contributed by atoms with Gasteiger partial charge in [-0.2, -0.15) is 0 Å². The van der Waals surface area contributed by atoms with E-state index in [2.05, 4.69) is 12.2 Å². The maximum Gasteiger partial charge on any atom is 0.220 e. The topological polar surface area (TPSA) is 47.6 Å². The smallest absolute Gasteiger partial charge is 0.220 e. The van der Waals surface area contributed by atoms with Crippen LogP contribution in [0.3, 0.4) is 0 Å². The highest BCUT2D eigenvalue weighted by Crippen LogP contribution is 2.29. The van der Waals surface area contributed by atoms with Crippen LogP contribution in [0.4, 0.5) is 0 Å². The van der Waals surface area contributed by atoms with Gasteiger partial charge in [-0.25, -0.2) is 0 Å². The van der Waals surface area contributed by atoms with Crippen molar-refractivity contribution in [3.63, 3.8) is 0 Å². The molecule has 1 N–H and O–H groups in total. The second-order valence-corrected chi connectivity index (χ2v) is 4.51. The molecule has 106 valence electrons. The first-order chi connectivity index (χ1) is 9.12. The molecule has 1 amide bonds. The van der Waals surface area contributed by atoms with Crippen LogP contribution in [0.15, 0.2) is 18.2 Å². The second-order valence-electron chi connectivity index (χ2n) is 4.51. The molecule has 1 aromatic rings. The summed E-state index contributed by atoms with van der Waals surface area (Å²) in [7, 11) is 3.21. The normalized spacial score (nSPS) is 11.8. The monoisotopic (exact) mass is 265 g/mol. The molecule has 0 aliphatic heterocycles. The molecule has 0 radical (unpaired) electrons. The molecule has 1 rings (SSSR count). The van der Waals surface area contributed by atoms with E-state index >= 15 is 0 Å². The molecule has 1 unspecified atom stereocenters. The quantitative estimate of drug-likeness (QED) is 0.824. The molecule has 0 aromatic heterocycles. The van der Waals surface area contributed by atoms with Crippen LogP contribution in [0, 0.1) is 0 Å². The Hall–Kier alpha value is -1.71. The lowest BCUT2D eigenvalue weighted by molar-refractivity contribution is -0.121. The minimum atomic E-state index is -0.0378. The van der Waals surface area contributed by atoms with E-state index in [0.29, 0.717) is 17.9 Å². The van der Waals surface area contributed by atoms with Gasteiger partial charge >= 0.3 is 0 Å². The minimum absolute atomic E-state index is 0.0378. The number of ether oxygens (including phenoxy) is 2. The van der Waals surface area contributed by atoms with E-state index in [1.807, 2.05) is 25.1 Å². The van der Waals surface area contributed by atoms with Crippen molar-refractivity contribution < 1.29 is 14.3 Å². The molecule has 0 fully saturated rings. The lowest BCUT2D eigenvalue weighted by Gasteiger charge is -2.16. The first kappa shape index (κ1) is 15.3. The number of carbonyl (C=O) groups excluding carboxylic acids is 1. The zero-order valence-electron chi connectivity index (χ0n) is 12.2. The molecule has 0 saturated carbocycles. The Labute approximate surface area is 115 Å². The summed E-state index contributed by atoms with van der Waals surface area (Å²) in [5.74, 6) is 1.45. The SMILES string of the molecule is CCCCC(=O)NC(C)c1ccc(OC)c(OC)c1. The third kappa shape index (κ3) is 4.47. The maximum atomic E-state index is 11.7. The van der Waals surface area contributed by atoms with Gasteiger partial charge in [-0.05, 0) is 31.0 Å². The van der Waals surface area contributed by atoms with Crippen molar-refractivity contribution in [2.24, 2.45) is 0 Å². The zero-order valence-corrected chi connectivity index (χ0v) is 12.2. The van der Waals surface area contributed by atoms with E-state index in [9.17, 15) is 4.79 Å². The number of nitrogens with one attached hydrogen (secondary N) is 1. The van der Waals surface area contributed by atoms with Crippen molar-refractivity contribution in [2.45, 2.75) is 39.2 Å². The van der Waals surface area contributed by atoms with E-state index < -0.39 is 0 Å². The molecule has 1 aromatic carbocycles. The molecular weight excluding hydrogens is 242 g/mol. The highest BCUT2D eigenvalue weighted by molar-refractivity contribution is 5.76. The average Bonchev–Trinajstić information content (AvgIpc) is 2.44. The first-order valence-electron chi connectivity index (χ1n) is 6.63. The van der Waals surface area contributed by atoms with Crippen LogP contribution in [0.5, 0.6) is 11.5 Å². The zero-order chi connectivity index (χ0) is 14.3. The largest absolute Gasteiger partial charge is 0.493 e. The Morgan fingerprint density at radius 2 is 1.95 bits per heavy atom. The van der Waals surface area contributed by atoms with Crippen molar-refractivity contribution in [2.75, 3.05) is 14.2 Å². The molecule has 4 heteroatoms. The molecule has 0 spiro atoms. The molecule has 0 saturated heterocycles. The number of benzene rings is 1. The van der Waals surface area contributed by atoms with Crippen LogP contribution >= 0.6 is 0 Å². The first-order valence-corrected chi connectivity index (χ1v) is 6.63. The molecule has 19 heavy (non-hydrogen) atoms. The van der Waals surface area contributed by atoms with Gasteiger partial charge in [0.25, 0.3) is 0 Å². The summed E-state index contributed by atoms with van der Waals surface area (Å²) in [6.45, 7) is 4.04. The summed E-state index contributed by atoms with van der Waals surface area (Å²) in [6, 6.07) is 5.64. The molecule has 0 bridgehead atoms. The third-order valence-electron chi connectivity index (χ3n) is 3.04. The Morgan fingerprint density at radius 3 is 2.53 bits per heavy atom. The maximum absolute atomic E-state index is 11.7. The Bertz CT molecular complexity index is 418. The predicted molar refractivity (Wildman–Crippen MR) is 75.6 cm³/mol. The van der Waals surface area contributed by atoms with Crippen LogP contribution < -0.4 is 14.8 Å². The number of hydrogen-bond acceptors (Lipinski definition) is 3. The molecule has 1 atom stereocenters. The Morgan fingerprint density at radius 1 is 1.26 bits per heavy atom. The van der Waals surface area contributed by atoms with Crippen molar-refractivity contribution in [1.82, 2.24) is 5.32 Å². The van der Waals surface area contributed by atoms with Crippen molar-refractivity contribution >= 4 is 5.91 Å². The van der Waals surface area contributed by atoms with Crippen LogP contribution in [0.1, 0.15) is 44.7 Å². The fourth-order valence-electron chi connectivity index (χ4n) is 1.86. The van der Waals surface area contributed by atoms with Gasteiger partial charge in [0.2, 0.25) is 5.91 Å². The van der Waals surface area contributed by atoms with Crippen LogP contribution in [0.25, 0.3) is 0 Å². The highest BCUT2D eigenvalue weighted by Gasteiger charge is 2.12. The van der Waals surface area contributed by atoms with Gasteiger partial charge in [-0.1, -0.05) is 19.4 Å². The summed E-state index contributed by atoms with van der Waals surface area (Å²) in [6.07, 6.45) is 2.52. The van der Waals surface area contributed by atoms with Gasteiger partial charge in [0.15, 0.2) is 11.5 Å². The molecule has 0 aliphatic carbocycles. The number of amides is 1. The van der Waals surface area contributed by atoms with Gasteiger partial charge in [-0.15, -0.1) is 0 Å². The fourth-order valence-corrected chi connectivity index (χ4v) is 1.86. The number of unbranched alkanes of at least 4 members (excludes halogenated alkanes) is 1. The van der Waals surface area contributed by atoms with Crippen molar-refractivity contribution in [3.8, 4) is 11.5 Å². The summed E-state index contributed by atoms with van der Waals surface area (Å²) in [5, 5.41) is 2.98. The summed E-state index contributed by atoms with van der Waals surface area (Å²) in [5.41, 5.74) is 1.00. The van der Waals surface area contributed by atoms with E-state index in [0.717, 1.165) is 18.4 Å². The van der Waals surface area contributed by atoms with E-state index in [4.69, 9.17) is 9.47 Å². The van der Waals surface area contributed by atoms with Crippen LogP contribution in [0.2, 0.25) is 0 Å². The highest BCUT2D eigenvalue weighted by atomic mass is 16.5. The lowest BCUT2D eigenvalue weighted by Crippen LogP contribution is -2.26. The molecular formula is C15H23NO3. The predicted octanol–water partition coefficient (Wildman–Crippen LogP) is 3.07. The Balaban J connectivity index is 2.71. The van der Waals surface area contributed by atoms with Crippen LogP contribution in [-0.2, 0) is 4.79 Å². The van der Waals surface area contributed by atoms with Gasteiger partial charge < -0.3 is 14.8 Å². The van der Waals surface area contributed by atoms with E-state index in [1.165, 1.54) is 0 Å².